The van der Waals surface area contributed by atoms with Gasteiger partial charge in [0, 0.05) is 44.9 Å². The predicted molar refractivity (Wildman–Crippen MR) is 93.8 cm³/mol. The molecule has 3 heterocycles. The molecule has 1 unspecified atom stereocenters. The molecule has 1 atom stereocenters. The third-order valence-electron chi connectivity index (χ3n) is 4.99. The molecular weight excluding hydrogens is 344 g/mol. The van der Waals surface area contributed by atoms with Crippen LogP contribution in [0, 0.1) is 0 Å². The van der Waals surface area contributed by atoms with Crippen LogP contribution in [0.5, 0.6) is 11.5 Å². The first kappa shape index (κ1) is 16.9. The highest BCUT2D eigenvalue weighted by molar-refractivity contribution is 6.32. The molecule has 0 N–H and O–H groups in total. The second kappa shape index (κ2) is 7.40. The van der Waals surface area contributed by atoms with E-state index in [4.69, 9.17) is 25.8 Å². The van der Waals surface area contributed by atoms with Gasteiger partial charge in [-0.15, -0.1) is 0 Å². The monoisotopic (exact) mass is 366 g/mol. The molecule has 3 aliphatic heterocycles. The van der Waals surface area contributed by atoms with Crippen molar-refractivity contribution in [1.29, 1.82) is 0 Å². The van der Waals surface area contributed by atoms with Gasteiger partial charge in [-0.25, -0.2) is 0 Å². The zero-order chi connectivity index (χ0) is 17.2. The SMILES string of the molecule is O=C(c1cc(Cl)c2c(c1)OCCO2)N1CCN(CC2CCCO2)CC1. The molecule has 25 heavy (non-hydrogen) atoms. The number of piperazine rings is 1. The van der Waals surface area contributed by atoms with Crippen LogP contribution in [0.2, 0.25) is 5.02 Å². The van der Waals surface area contributed by atoms with E-state index >= 15 is 0 Å². The highest BCUT2D eigenvalue weighted by Gasteiger charge is 2.27. The largest absolute Gasteiger partial charge is 0.486 e. The van der Waals surface area contributed by atoms with Crippen LogP contribution >= 0.6 is 11.6 Å². The number of fused-ring (bicyclic) bond motifs is 1. The highest BCUT2D eigenvalue weighted by Crippen LogP contribution is 2.38. The summed E-state index contributed by atoms with van der Waals surface area (Å²) in [4.78, 5) is 17.1. The Morgan fingerprint density at radius 2 is 1.92 bits per heavy atom. The Morgan fingerprint density at radius 1 is 1.12 bits per heavy atom. The molecule has 0 aromatic heterocycles. The fourth-order valence-corrected chi connectivity index (χ4v) is 3.89. The van der Waals surface area contributed by atoms with Crippen molar-refractivity contribution in [3.63, 3.8) is 0 Å². The molecule has 1 aromatic carbocycles. The summed E-state index contributed by atoms with van der Waals surface area (Å²) in [6.07, 6.45) is 2.67. The van der Waals surface area contributed by atoms with Crippen molar-refractivity contribution in [3.8, 4) is 11.5 Å². The Balaban J connectivity index is 1.38. The number of carbonyl (C=O) groups is 1. The van der Waals surface area contributed by atoms with Crippen molar-refractivity contribution in [3.05, 3.63) is 22.7 Å². The molecule has 1 aromatic rings. The molecule has 7 heteroatoms. The van der Waals surface area contributed by atoms with Gasteiger partial charge in [-0.1, -0.05) is 11.6 Å². The molecule has 1 amide bonds. The summed E-state index contributed by atoms with van der Waals surface area (Å²) in [5.74, 6) is 1.08. The molecule has 0 radical (unpaired) electrons. The molecule has 2 saturated heterocycles. The van der Waals surface area contributed by atoms with Crippen molar-refractivity contribution >= 4 is 17.5 Å². The van der Waals surface area contributed by atoms with E-state index in [1.165, 1.54) is 0 Å². The van der Waals surface area contributed by atoms with E-state index in [0.717, 1.165) is 52.2 Å². The predicted octanol–water partition coefficient (Wildman–Crippen LogP) is 2.05. The summed E-state index contributed by atoms with van der Waals surface area (Å²) in [6, 6.07) is 3.41. The van der Waals surface area contributed by atoms with E-state index < -0.39 is 0 Å². The highest BCUT2D eigenvalue weighted by atomic mass is 35.5. The quantitative estimate of drug-likeness (QED) is 0.819. The van der Waals surface area contributed by atoms with Gasteiger partial charge in [-0.05, 0) is 25.0 Å². The van der Waals surface area contributed by atoms with Crippen molar-refractivity contribution in [1.82, 2.24) is 9.80 Å². The van der Waals surface area contributed by atoms with Crippen LogP contribution < -0.4 is 9.47 Å². The molecule has 4 rings (SSSR count). The van der Waals surface area contributed by atoms with Crippen LogP contribution in [0.25, 0.3) is 0 Å². The summed E-state index contributed by atoms with van der Waals surface area (Å²) in [7, 11) is 0. The van der Waals surface area contributed by atoms with Crippen LogP contribution in [0.1, 0.15) is 23.2 Å². The number of hydrogen-bond acceptors (Lipinski definition) is 5. The van der Waals surface area contributed by atoms with Gasteiger partial charge in [0.25, 0.3) is 5.91 Å². The average molecular weight is 367 g/mol. The van der Waals surface area contributed by atoms with Gasteiger partial charge in [0.2, 0.25) is 0 Å². The number of rotatable bonds is 3. The van der Waals surface area contributed by atoms with Gasteiger partial charge in [-0.3, -0.25) is 9.69 Å². The van der Waals surface area contributed by atoms with E-state index in [-0.39, 0.29) is 5.91 Å². The molecule has 0 aliphatic carbocycles. The number of amides is 1. The van der Waals surface area contributed by atoms with Crippen LogP contribution in [0.15, 0.2) is 12.1 Å². The van der Waals surface area contributed by atoms with Crippen molar-refractivity contribution in [2.75, 3.05) is 52.5 Å². The lowest BCUT2D eigenvalue weighted by molar-refractivity contribution is 0.0432. The Kier molecular flexibility index (Phi) is 5.01. The first-order valence-electron chi connectivity index (χ1n) is 8.93. The van der Waals surface area contributed by atoms with E-state index in [1.807, 2.05) is 4.90 Å². The van der Waals surface area contributed by atoms with Gasteiger partial charge in [-0.2, -0.15) is 0 Å². The van der Waals surface area contributed by atoms with Crippen LogP contribution in [0.3, 0.4) is 0 Å². The third kappa shape index (κ3) is 3.71. The Hall–Kier alpha value is -1.50. The second-order valence-corrected chi connectivity index (χ2v) is 7.12. The van der Waals surface area contributed by atoms with Crippen LogP contribution in [-0.4, -0.2) is 74.4 Å². The van der Waals surface area contributed by atoms with Gasteiger partial charge in [0.05, 0.1) is 11.1 Å². The Labute approximate surface area is 152 Å². The molecule has 0 saturated carbocycles. The summed E-state index contributed by atoms with van der Waals surface area (Å²) in [5.41, 5.74) is 0.557. The van der Waals surface area contributed by atoms with E-state index in [2.05, 4.69) is 4.90 Å². The van der Waals surface area contributed by atoms with Gasteiger partial charge in [0.1, 0.15) is 13.2 Å². The number of nitrogens with zero attached hydrogens (tertiary/aromatic N) is 2. The summed E-state index contributed by atoms with van der Waals surface area (Å²) in [5, 5.41) is 0.428. The van der Waals surface area contributed by atoms with Crippen molar-refractivity contribution in [2.45, 2.75) is 18.9 Å². The normalized spacial score (nSPS) is 23.7. The number of hydrogen-bond donors (Lipinski definition) is 0. The number of benzene rings is 1. The fraction of sp³-hybridized carbons (Fsp3) is 0.611. The minimum absolute atomic E-state index is 0.00404. The number of ether oxygens (including phenoxy) is 3. The van der Waals surface area contributed by atoms with E-state index in [9.17, 15) is 4.79 Å². The van der Waals surface area contributed by atoms with E-state index in [1.54, 1.807) is 12.1 Å². The first-order chi connectivity index (χ1) is 12.2. The van der Waals surface area contributed by atoms with Gasteiger partial charge >= 0.3 is 0 Å². The lowest BCUT2D eigenvalue weighted by atomic mass is 10.1. The van der Waals surface area contributed by atoms with Gasteiger partial charge < -0.3 is 19.1 Å². The lowest BCUT2D eigenvalue weighted by Gasteiger charge is -2.35. The van der Waals surface area contributed by atoms with E-state index in [0.29, 0.717) is 41.4 Å². The summed E-state index contributed by atoms with van der Waals surface area (Å²) in [6.45, 7) is 6.00. The first-order valence-corrected chi connectivity index (χ1v) is 9.31. The summed E-state index contributed by atoms with van der Waals surface area (Å²) < 4.78 is 16.8. The maximum Gasteiger partial charge on any atom is 0.254 e. The van der Waals surface area contributed by atoms with Gasteiger partial charge in [0.15, 0.2) is 11.5 Å². The topological polar surface area (TPSA) is 51.2 Å². The fourth-order valence-electron chi connectivity index (χ4n) is 3.63. The van der Waals surface area contributed by atoms with Crippen molar-refractivity contribution in [2.24, 2.45) is 0 Å². The zero-order valence-electron chi connectivity index (χ0n) is 14.2. The van der Waals surface area contributed by atoms with Crippen LogP contribution in [0.4, 0.5) is 0 Å². The Morgan fingerprint density at radius 3 is 2.68 bits per heavy atom. The van der Waals surface area contributed by atoms with Crippen LogP contribution in [-0.2, 0) is 4.74 Å². The summed E-state index contributed by atoms with van der Waals surface area (Å²) >= 11 is 6.25. The van der Waals surface area contributed by atoms with Crippen molar-refractivity contribution < 1.29 is 19.0 Å². The minimum Gasteiger partial charge on any atom is -0.486 e. The minimum atomic E-state index is -0.00404. The Bertz CT molecular complexity index is 640. The smallest absolute Gasteiger partial charge is 0.254 e. The second-order valence-electron chi connectivity index (χ2n) is 6.71. The average Bonchev–Trinajstić information content (AvgIpc) is 3.15. The molecule has 0 bridgehead atoms. The maximum atomic E-state index is 12.8. The molecule has 3 aliphatic rings. The molecule has 136 valence electrons. The molecule has 6 nitrogen and oxygen atoms in total. The lowest BCUT2D eigenvalue weighted by Crippen LogP contribution is -2.50. The maximum absolute atomic E-state index is 12.8. The standard InChI is InChI=1S/C18H23ClN2O4/c19-15-10-13(11-16-17(15)25-9-8-24-16)18(22)21-5-3-20(4-6-21)12-14-2-1-7-23-14/h10-11,14H,1-9,12H2. The third-order valence-corrected chi connectivity index (χ3v) is 5.27. The zero-order valence-corrected chi connectivity index (χ0v) is 15.0. The number of halogens is 1. The molecular formula is C18H23ClN2O4. The number of carbonyl (C=O) groups excluding carboxylic acids is 1. The molecule has 0 spiro atoms. The molecule has 2 fully saturated rings.